The van der Waals surface area contributed by atoms with Crippen molar-refractivity contribution in [1.29, 1.82) is 0 Å². The first kappa shape index (κ1) is 60.3. The Kier molecular flexibility index (Phi) is 49.0. The van der Waals surface area contributed by atoms with E-state index in [1.54, 1.807) is 0 Å². The van der Waals surface area contributed by atoms with Gasteiger partial charge in [0.15, 0.2) is 0 Å². The summed E-state index contributed by atoms with van der Waals surface area (Å²) in [4.78, 5) is 26.1. The highest BCUT2D eigenvalue weighted by Gasteiger charge is 2.24. The maximum Gasteiger partial charge on any atom is 0.306 e. The fraction of sp³-hybridized carbons (Fsp3) is 0.893. The number of nitrogens with one attached hydrogen (secondary N) is 1. The second-order valence-corrected chi connectivity index (χ2v) is 19.0. The molecule has 62 heavy (non-hydrogen) atoms. The number of carbonyl (C=O) groups is 2. The Morgan fingerprint density at radius 2 is 0.790 bits per heavy atom. The molecule has 1 amide bonds. The van der Waals surface area contributed by atoms with Gasteiger partial charge >= 0.3 is 5.97 Å². The van der Waals surface area contributed by atoms with Crippen LogP contribution in [0, 0.1) is 0 Å². The van der Waals surface area contributed by atoms with Gasteiger partial charge in [-0.3, -0.25) is 9.59 Å². The largest absolute Gasteiger partial charge is 0.462 e. The third kappa shape index (κ3) is 44.9. The Hall–Kier alpha value is -1.66. The Labute approximate surface area is 386 Å². The van der Waals surface area contributed by atoms with Crippen LogP contribution >= 0.6 is 0 Å². The van der Waals surface area contributed by atoms with E-state index in [1.165, 1.54) is 193 Å². The molecule has 0 bridgehead atoms. The Bertz CT molecular complexity index is 981. The number of rotatable bonds is 50. The monoisotopic (exact) mass is 874 g/mol. The number of carbonyl (C=O) groups excluding carboxylic acids is 2. The summed E-state index contributed by atoms with van der Waals surface area (Å²) < 4.78 is 5.92. The number of hydrogen-bond acceptors (Lipinski definition) is 5. The first-order valence-electron chi connectivity index (χ1n) is 27.6. The van der Waals surface area contributed by atoms with Crippen molar-refractivity contribution in [2.75, 3.05) is 6.61 Å². The van der Waals surface area contributed by atoms with E-state index in [2.05, 4.69) is 50.4 Å². The highest BCUT2D eigenvalue weighted by molar-refractivity contribution is 5.77. The van der Waals surface area contributed by atoms with Gasteiger partial charge in [0, 0.05) is 6.42 Å². The smallest absolute Gasteiger partial charge is 0.306 e. The van der Waals surface area contributed by atoms with Crippen LogP contribution in [0.1, 0.15) is 297 Å². The van der Waals surface area contributed by atoms with Crippen LogP contribution in [0.25, 0.3) is 0 Å². The highest BCUT2D eigenvalue weighted by Crippen LogP contribution is 2.18. The van der Waals surface area contributed by atoms with Crippen LogP contribution in [0.15, 0.2) is 24.3 Å². The van der Waals surface area contributed by atoms with Gasteiger partial charge in [0.05, 0.1) is 25.2 Å². The predicted octanol–water partition coefficient (Wildman–Crippen LogP) is 16.7. The summed E-state index contributed by atoms with van der Waals surface area (Å²) in [5.74, 6) is -0.500. The van der Waals surface area contributed by atoms with Crippen molar-refractivity contribution in [2.24, 2.45) is 0 Å². The molecule has 0 saturated heterocycles. The summed E-state index contributed by atoms with van der Waals surface area (Å²) in [5, 5.41) is 23.8. The molecule has 3 N–H and O–H groups in total. The molecule has 0 aliphatic rings. The molecule has 366 valence electrons. The zero-order chi connectivity index (χ0) is 45.2. The molecule has 0 aromatic carbocycles. The van der Waals surface area contributed by atoms with Crippen LogP contribution in [0.4, 0.5) is 0 Å². The maximum absolute atomic E-state index is 13.2. The molecule has 3 atom stereocenters. The molecule has 0 aromatic heterocycles. The van der Waals surface area contributed by atoms with Gasteiger partial charge in [0.25, 0.3) is 0 Å². The molecule has 0 aliphatic carbocycles. The Morgan fingerprint density at radius 3 is 1.18 bits per heavy atom. The summed E-state index contributed by atoms with van der Waals surface area (Å²) in [5.41, 5.74) is 0. The minimum absolute atomic E-state index is 0.0575. The van der Waals surface area contributed by atoms with Gasteiger partial charge < -0.3 is 20.3 Å². The van der Waals surface area contributed by atoms with Crippen molar-refractivity contribution >= 4 is 11.9 Å². The number of allylic oxidation sites excluding steroid dienone is 4. The van der Waals surface area contributed by atoms with Crippen molar-refractivity contribution in [3.63, 3.8) is 0 Å². The van der Waals surface area contributed by atoms with Crippen molar-refractivity contribution in [2.45, 2.75) is 315 Å². The molecule has 0 radical (unpaired) electrons. The SMILES string of the molecule is CCCCCCCC/C=C\CCCC(CC(=O)NC(CO)C(O)CCCCCCCCCCCCCCCCCC)OC(=O)CCCCCCC/C=C/CCCCCCCCC. The van der Waals surface area contributed by atoms with E-state index in [-0.39, 0.29) is 24.9 Å². The van der Waals surface area contributed by atoms with E-state index in [0.717, 1.165) is 57.8 Å². The van der Waals surface area contributed by atoms with Crippen LogP contribution in [-0.2, 0) is 14.3 Å². The molecule has 0 aromatic rings. The van der Waals surface area contributed by atoms with Crippen LogP contribution < -0.4 is 5.32 Å². The molecule has 0 heterocycles. The third-order valence-corrected chi connectivity index (χ3v) is 12.8. The molecule has 0 aliphatic heterocycles. The van der Waals surface area contributed by atoms with Gasteiger partial charge in [-0.15, -0.1) is 0 Å². The fourth-order valence-corrected chi connectivity index (χ4v) is 8.54. The van der Waals surface area contributed by atoms with E-state index >= 15 is 0 Å². The lowest BCUT2D eigenvalue weighted by atomic mass is 10.0. The lowest BCUT2D eigenvalue weighted by Gasteiger charge is -2.24. The minimum Gasteiger partial charge on any atom is -0.462 e. The van der Waals surface area contributed by atoms with Gasteiger partial charge in [0.2, 0.25) is 5.91 Å². The molecule has 0 saturated carbocycles. The normalized spacial score (nSPS) is 13.3. The Balaban J connectivity index is 4.49. The summed E-state index contributed by atoms with van der Waals surface area (Å²) in [6, 6.07) is -0.708. The molecule has 0 spiro atoms. The summed E-state index contributed by atoms with van der Waals surface area (Å²) >= 11 is 0. The molecule has 0 rings (SSSR count). The average molecular weight is 874 g/mol. The lowest BCUT2D eigenvalue weighted by Crippen LogP contribution is -2.46. The minimum atomic E-state index is -0.792. The highest BCUT2D eigenvalue weighted by atomic mass is 16.5. The lowest BCUT2D eigenvalue weighted by molar-refractivity contribution is -0.151. The second-order valence-electron chi connectivity index (χ2n) is 19.0. The first-order valence-corrected chi connectivity index (χ1v) is 27.6. The number of hydrogen-bond donors (Lipinski definition) is 3. The number of esters is 1. The van der Waals surface area contributed by atoms with Crippen molar-refractivity contribution < 1.29 is 24.5 Å². The topological polar surface area (TPSA) is 95.9 Å². The van der Waals surface area contributed by atoms with Crippen molar-refractivity contribution in [3.05, 3.63) is 24.3 Å². The third-order valence-electron chi connectivity index (χ3n) is 12.8. The predicted molar refractivity (Wildman–Crippen MR) is 269 cm³/mol. The van der Waals surface area contributed by atoms with E-state index < -0.39 is 18.2 Å². The van der Waals surface area contributed by atoms with E-state index in [9.17, 15) is 19.8 Å². The molecule has 3 unspecified atom stereocenters. The number of aliphatic hydroxyl groups is 2. The zero-order valence-electron chi connectivity index (χ0n) is 41.8. The van der Waals surface area contributed by atoms with E-state index in [4.69, 9.17) is 4.74 Å². The average Bonchev–Trinajstić information content (AvgIpc) is 3.26. The van der Waals surface area contributed by atoms with Crippen LogP contribution in [0.3, 0.4) is 0 Å². The number of unbranched alkanes of at least 4 members (excludes halogenated alkanes) is 34. The standard InChI is InChI=1S/C56H107NO5/c1-4-7-10-13-16-19-22-24-26-28-30-33-36-39-42-45-48-54(59)53(51-58)57-55(60)50-52(47-44-41-38-35-32-21-18-15-12-9-6-3)62-56(61)49-46-43-40-37-34-31-29-27-25-23-20-17-14-11-8-5-2/h27,29,35,38,52-54,58-59H,4-26,28,30-34,36-37,39-51H2,1-3H3,(H,57,60)/b29-27+,38-35-. The zero-order valence-corrected chi connectivity index (χ0v) is 41.8. The first-order chi connectivity index (χ1) is 30.5. The van der Waals surface area contributed by atoms with Crippen molar-refractivity contribution in [3.8, 4) is 0 Å². The second kappa shape index (κ2) is 50.3. The Morgan fingerprint density at radius 1 is 0.452 bits per heavy atom. The molecular formula is C56H107NO5. The molecule has 0 fully saturated rings. The van der Waals surface area contributed by atoms with E-state index in [0.29, 0.717) is 19.3 Å². The van der Waals surface area contributed by atoms with E-state index in [1.807, 2.05) is 0 Å². The molecule has 6 nitrogen and oxygen atoms in total. The van der Waals surface area contributed by atoms with Gasteiger partial charge in [-0.2, -0.15) is 0 Å². The van der Waals surface area contributed by atoms with Gasteiger partial charge in [-0.1, -0.05) is 238 Å². The summed E-state index contributed by atoms with van der Waals surface area (Å²) in [6.45, 7) is 6.49. The number of aliphatic hydroxyl groups excluding tert-OH is 2. The number of ether oxygens (including phenoxy) is 1. The fourth-order valence-electron chi connectivity index (χ4n) is 8.54. The summed E-state index contributed by atoms with van der Waals surface area (Å²) in [6.07, 6.45) is 58.2. The van der Waals surface area contributed by atoms with Gasteiger partial charge in [0.1, 0.15) is 6.10 Å². The quantitative estimate of drug-likeness (QED) is 0.0321. The number of amides is 1. The van der Waals surface area contributed by atoms with Gasteiger partial charge in [-0.25, -0.2) is 0 Å². The van der Waals surface area contributed by atoms with Crippen LogP contribution in [-0.4, -0.2) is 46.9 Å². The molecule has 6 heteroatoms. The van der Waals surface area contributed by atoms with Crippen molar-refractivity contribution in [1.82, 2.24) is 5.32 Å². The van der Waals surface area contributed by atoms with Crippen LogP contribution in [0.2, 0.25) is 0 Å². The maximum atomic E-state index is 13.2. The van der Waals surface area contributed by atoms with Crippen LogP contribution in [0.5, 0.6) is 0 Å². The summed E-state index contributed by atoms with van der Waals surface area (Å²) in [7, 11) is 0. The van der Waals surface area contributed by atoms with Gasteiger partial charge in [-0.05, 0) is 70.6 Å². The molecular weight excluding hydrogens is 767 g/mol.